The van der Waals surface area contributed by atoms with Gasteiger partial charge < -0.3 is 14.0 Å². The molecule has 3 saturated carbocycles. The molecule has 3 unspecified atom stereocenters. The fourth-order valence-corrected chi connectivity index (χ4v) is 11.6. The van der Waals surface area contributed by atoms with Gasteiger partial charge in [-0.3, -0.25) is 0 Å². The summed E-state index contributed by atoms with van der Waals surface area (Å²) in [6, 6.07) is 0. The van der Waals surface area contributed by atoms with E-state index < -0.39 is 16.6 Å². The SMILES string of the molecule is C[C@@H](O)[C@H]1CCC2C3CC=C4C[C@@H](O[Si](C)(C)C(C)(C)C)C[C@H](O[Si](C)(C)C(C)(C)C)[C@]4(C)C3CC[C@@]21C. The molecule has 9 atom stereocenters. The molecule has 4 rings (SSSR count). The van der Waals surface area contributed by atoms with Crippen molar-refractivity contribution in [3.8, 4) is 0 Å². The number of aliphatic hydroxyl groups is 1. The zero-order valence-corrected chi connectivity index (χ0v) is 29.3. The Balaban J connectivity index is 1.71. The van der Waals surface area contributed by atoms with Gasteiger partial charge in [0, 0.05) is 5.41 Å². The Morgan fingerprint density at radius 2 is 1.47 bits per heavy atom. The summed E-state index contributed by atoms with van der Waals surface area (Å²) in [6.45, 7) is 31.1. The third-order valence-electron chi connectivity index (χ3n) is 13.3. The minimum atomic E-state index is -1.97. The smallest absolute Gasteiger partial charge is 0.192 e. The Morgan fingerprint density at radius 3 is 2.03 bits per heavy atom. The lowest BCUT2D eigenvalue weighted by molar-refractivity contribution is -0.106. The van der Waals surface area contributed by atoms with E-state index in [-0.39, 0.29) is 39.2 Å². The summed E-state index contributed by atoms with van der Waals surface area (Å²) in [6.07, 6.45) is 11.3. The average Bonchev–Trinajstić information content (AvgIpc) is 3.10. The highest BCUT2D eigenvalue weighted by atomic mass is 28.4. The molecule has 0 aromatic rings. The van der Waals surface area contributed by atoms with Gasteiger partial charge in [0.1, 0.15) is 0 Å². The molecular formula is C33H62O3Si2. The van der Waals surface area contributed by atoms with Crippen LogP contribution in [0.25, 0.3) is 0 Å². The van der Waals surface area contributed by atoms with E-state index in [4.69, 9.17) is 8.85 Å². The van der Waals surface area contributed by atoms with E-state index in [0.29, 0.717) is 11.8 Å². The number of aliphatic hydroxyl groups excluding tert-OH is 1. The fraction of sp³-hybridized carbons (Fsp3) is 0.939. The van der Waals surface area contributed by atoms with Crippen LogP contribution in [0.3, 0.4) is 0 Å². The minimum Gasteiger partial charge on any atom is -0.414 e. The zero-order valence-electron chi connectivity index (χ0n) is 27.3. The second-order valence-electron chi connectivity index (χ2n) is 17.4. The summed E-state index contributed by atoms with van der Waals surface area (Å²) in [5.41, 5.74) is 2.02. The van der Waals surface area contributed by atoms with Crippen LogP contribution in [-0.4, -0.2) is 40.1 Å². The van der Waals surface area contributed by atoms with Gasteiger partial charge in [0.05, 0.1) is 18.3 Å². The maximum absolute atomic E-state index is 10.7. The van der Waals surface area contributed by atoms with Crippen LogP contribution in [0.5, 0.6) is 0 Å². The van der Waals surface area contributed by atoms with Crippen molar-refractivity contribution < 1.29 is 14.0 Å². The van der Waals surface area contributed by atoms with E-state index >= 15 is 0 Å². The third kappa shape index (κ3) is 5.01. The van der Waals surface area contributed by atoms with Gasteiger partial charge in [0.15, 0.2) is 16.6 Å². The second kappa shape index (κ2) is 9.81. The van der Waals surface area contributed by atoms with Crippen molar-refractivity contribution in [3.63, 3.8) is 0 Å². The maximum Gasteiger partial charge on any atom is 0.192 e. The Bertz CT molecular complexity index is 910. The zero-order chi connectivity index (χ0) is 28.7. The molecule has 0 spiro atoms. The average molecular weight is 563 g/mol. The molecule has 0 bridgehead atoms. The molecule has 1 N–H and O–H groups in total. The van der Waals surface area contributed by atoms with E-state index in [1.165, 1.54) is 32.1 Å². The highest BCUT2D eigenvalue weighted by molar-refractivity contribution is 6.74. The summed E-state index contributed by atoms with van der Waals surface area (Å²) in [7, 11) is -3.84. The predicted octanol–water partition coefficient (Wildman–Crippen LogP) is 9.34. The monoisotopic (exact) mass is 562 g/mol. The number of rotatable bonds is 5. The number of fused-ring (bicyclic) bond motifs is 5. The summed E-state index contributed by atoms with van der Waals surface area (Å²) in [5.74, 6) is 2.58. The molecule has 3 fully saturated rings. The van der Waals surface area contributed by atoms with Crippen LogP contribution < -0.4 is 0 Å². The molecule has 4 aliphatic carbocycles. The molecule has 0 amide bonds. The maximum atomic E-state index is 10.7. The van der Waals surface area contributed by atoms with E-state index in [0.717, 1.165) is 24.7 Å². The first-order chi connectivity index (χ1) is 17.1. The Hall–Kier alpha value is 0.0538. The van der Waals surface area contributed by atoms with E-state index in [2.05, 4.69) is 87.7 Å². The molecule has 4 aliphatic rings. The fourth-order valence-electron chi connectivity index (χ4n) is 8.88. The summed E-state index contributed by atoms with van der Waals surface area (Å²) >= 11 is 0. The number of allylic oxidation sites excluding steroid dienone is 1. The first-order valence-corrected chi connectivity index (χ1v) is 21.7. The summed E-state index contributed by atoms with van der Waals surface area (Å²) < 4.78 is 14.6. The van der Waals surface area contributed by atoms with E-state index in [9.17, 15) is 5.11 Å². The Kier molecular flexibility index (Phi) is 8.01. The van der Waals surface area contributed by atoms with Crippen LogP contribution in [0.4, 0.5) is 0 Å². The highest BCUT2D eigenvalue weighted by Gasteiger charge is 2.62. The van der Waals surface area contributed by atoms with Crippen molar-refractivity contribution in [2.24, 2.45) is 34.5 Å². The van der Waals surface area contributed by atoms with Crippen LogP contribution in [0.2, 0.25) is 36.3 Å². The van der Waals surface area contributed by atoms with Crippen molar-refractivity contribution >= 4 is 16.6 Å². The molecule has 0 heterocycles. The van der Waals surface area contributed by atoms with Gasteiger partial charge in [-0.15, -0.1) is 0 Å². The molecule has 0 aliphatic heterocycles. The van der Waals surface area contributed by atoms with Crippen molar-refractivity contribution in [2.75, 3.05) is 0 Å². The quantitative estimate of drug-likeness (QED) is 0.268. The standard InChI is InChI=1S/C33H62O3Si2/c1-22(34)26-16-17-27-25-15-14-23-20-24(35-37(10,11)30(2,3)4)21-29(36-38(12,13)31(5,6)7)33(23,9)28(25)18-19-32(26,27)8/h14,22,24-29,34H,15-21H2,1-13H3/t22-,24-,25?,26-,27?,28?,29+,32-,33+/m1/s1. The van der Waals surface area contributed by atoms with Gasteiger partial charge in [-0.2, -0.15) is 0 Å². The molecule has 0 saturated heterocycles. The lowest BCUT2D eigenvalue weighted by Crippen LogP contribution is -2.60. The van der Waals surface area contributed by atoms with Crippen LogP contribution in [0.1, 0.15) is 107 Å². The van der Waals surface area contributed by atoms with Crippen molar-refractivity contribution in [2.45, 2.75) is 162 Å². The lowest BCUT2D eigenvalue weighted by atomic mass is 9.46. The second-order valence-corrected chi connectivity index (χ2v) is 26.9. The molecule has 0 aromatic carbocycles. The van der Waals surface area contributed by atoms with E-state index in [1.54, 1.807) is 5.57 Å². The van der Waals surface area contributed by atoms with Crippen molar-refractivity contribution in [1.29, 1.82) is 0 Å². The van der Waals surface area contributed by atoms with Crippen LogP contribution in [0.15, 0.2) is 11.6 Å². The molecule has 0 radical (unpaired) electrons. The number of hydrogen-bond acceptors (Lipinski definition) is 3. The topological polar surface area (TPSA) is 38.7 Å². The Morgan fingerprint density at radius 1 is 0.895 bits per heavy atom. The molecular weight excluding hydrogens is 501 g/mol. The summed E-state index contributed by atoms with van der Waals surface area (Å²) in [5, 5.41) is 11.1. The van der Waals surface area contributed by atoms with Gasteiger partial charge in [-0.1, -0.05) is 67.0 Å². The lowest BCUT2D eigenvalue weighted by Gasteiger charge is -2.61. The largest absolute Gasteiger partial charge is 0.414 e. The first kappa shape index (κ1) is 31.0. The van der Waals surface area contributed by atoms with E-state index in [1.807, 2.05) is 6.92 Å². The first-order valence-electron chi connectivity index (χ1n) is 15.9. The number of hydrogen-bond donors (Lipinski definition) is 1. The predicted molar refractivity (Wildman–Crippen MR) is 166 cm³/mol. The summed E-state index contributed by atoms with van der Waals surface area (Å²) in [4.78, 5) is 0. The van der Waals surface area contributed by atoms with Crippen molar-refractivity contribution in [1.82, 2.24) is 0 Å². The van der Waals surface area contributed by atoms with Gasteiger partial charge in [0.2, 0.25) is 0 Å². The van der Waals surface area contributed by atoms with Crippen LogP contribution >= 0.6 is 0 Å². The van der Waals surface area contributed by atoms with Crippen LogP contribution in [0, 0.1) is 34.5 Å². The molecule has 0 aromatic heterocycles. The van der Waals surface area contributed by atoms with Gasteiger partial charge in [-0.05, 0) is 117 Å². The molecule has 3 nitrogen and oxygen atoms in total. The highest BCUT2D eigenvalue weighted by Crippen LogP contribution is 2.67. The molecule has 220 valence electrons. The molecule has 5 heteroatoms. The minimum absolute atomic E-state index is 0.0932. The van der Waals surface area contributed by atoms with Gasteiger partial charge >= 0.3 is 0 Å². The Labute approximate surface area is 238 Å². The third-order valence-corrected chi connectivity index (χ3v) is 22.3. The van der Waals surface area contributed by atoms with Crippen LogP contribution in [-0.2, 0) is 8.85 Å². The normalized spacial score (nSPS) is 41.2. The molecule has 38 heavy (non-hydrogen) atoms. The van der Waals surface area contributed by atoms with Gasteiger partial charge in [0.25, 0.3) is 0 Å². The van der Waals surface area contributed by atoms with Gasteiger partial charge in [-0.25, -0.2) is 0 Å². The van der Waals surface area contributed by atoms with Crippen molar-refractivity contribution in [3.05, 3.63) is 11.6 Å².